The van der Waals surface area contributed by atoms with E-state index < -0.39 is 0 Å². The van der Waals surface area contributed by atoms with Gasteiger partial charge < -0.3 is 9.47 Å². The highest BCUT2D eigenvalue weighted by atomic mass is 16.5. The molecule has 1 aromatic heterocycles. The van der Waals surface area contributed by atoms with E-state index >= 15 is 0 Å². The number of hydrogen-bond donors (Lipinski definition) is 0. The van der Waals surface area contributed by atoms with Gasteiger partial charge in [0.25, 0.3) is 0 Å². The van der Waals surface area contributed by atoms with Crippen molar-refractivity contribution in [3.05, 3.63) is 12.4 Å². The maximum absolute atomic E-state index is 5.43. The molecule has 0 spiro atoms. The second-order valence-corrected chi connectivity index (χ2v) is 3.30. The van der Waals surface area contributed by atoms with Crippen molar-refractivity contribution in [3.8, 4) is 5.75 Å². The van der Waals surface area contributed by atoms with Gasteiger partial charge in [-0.25, -0.2) is 0 Å². The van der Waals surface area contributed by atoms with E-state index in [0.29, 0.717) is 19.3 Å². The quantitative estimate of drug-likeness (QED) is 0.655. The Morgan fingerprint density at radius 1 is 1.43 bits per heavy atom. The summed E-state index contributed by atoms with van der Waals surface area (Å²) in [6.45, 7) is 8.07. The van der Waals surface area contributed by atoms with Gasteiger partial charge in [-0.2, -0.15) is 5.10 Å². The maximum Gasteiger partial charge on any atom is 0.157 e. The van der Waals surface area contributed by atoms with Gasteiger partial charge in [-0.05, 0) is 20.8 Å². The van der Waals surface area contributed by atoms with Gasteiger partial charge in [0.05, 0.1) is 19.0 Å². The highest BCUT2D eigenvalue weighted by Crippen LogP contribution is 2.11. The third kappa shape index (κ3) is 3.38. The Bertz CT molecular complexity index is 258. The van der Waals surface area contributed by atoms with Gasteiger partial charge in [0.1, 0.15) is 6.61 Å². The Morgan fingerprint density at radius 2 is 2.21 bits per heavy atom. The average molecular weight is 198 g/mol. The van der Waals surface area contributed by atoms with Gasteiger partial charge in [-0.15, -0.1) is 0 Å². The van der Waals surface area contributed by atoms with E-state index in [2.05, 4.69) is 18.9 Å². The van der Waals surface area contributed by atoms with Crippen LogP contribution in [0.4, 0.5) is 0 Å². The second kappa shape index (κ2) is 5.65. The van der Waals surface area contributed by atoms with E-state index in [1.807, 2.05) is 17.8 Å². The highest BCUT2D eigenvalue weighted by molar-refractivity contribution is 5.11. The van der Waals surface area contributed by atoms with Crippen LogP contribution in [0.5, 0.6) is 5.75 Å². The lowest BCUT2D eigenvalue weighted by Gasteiger charge is -2.04. The van der Waals surface area contributed by atoms with Crippen molar-refractivity contribution in [2.45, 2.75) is 26.8 Å². The summed E-state index contributed by atoms with van der Waals surface area (Å²) in [5.74, 6) is 0.804. The average Bonchev–Trinajstić information content (AvgIpc) is 2.61. The summed E-state index contributed by atoms with van der Waals surface area (Å²) in [4.78, 5) is 0. The summed E-state index contributed by atoms with van der Waals surface area (Å²) in [6.07, 6.45) is 3.63. The minimum Gasteiger partial charge on any atom is -0.488 e. The van der Waals surface area contributed by atoms with E-state index in [1.54, 1.807) is 6.20 Å². The zero-order chi connectivity index (χ0) is 10.4. The van der Waals surface area contributed by atoms with Crippen LogP contribution in [-0.2, 0) is 4.74 Å². The normalized spacial score (nSPS) is 10.9. The standard InChI is InChI=1S/C10H18N2O2/c1-4-13-5-6-14-10-7-11-12(8-10)9(2)3/h7-9H,4-6H2,1-3H3. The van der Waals surface area contributed by atoms with Gasteiger partial charge in [-0.1, -0.05) is 0 Å². The van der Waals surface area contributed by atoms with E-state index in [1.165, 1.54) is 0 Å². The highest BCUT2D eigenvalue weighted by Gasteiger charge is 2.01. The minimum atomic E-state index is 0.374. The van der Waals surface area contributed by atoms with E-state index in [-0.39, 0.29) is 0 Å². The van der Waals surface area contributed by atoms with Crippen LogP contribution < -0.4 is 4.74 Å². The third-order valence-electron chi connectivity index (χ3n) is 1.81. The molecule has 4 heteroatoms. The van der Waals surface area contributed by atoms with Gasteiger partial charge in [0.2, 0.25) is 0 Å². The molecule has 4 nitrogen and oxygen atoms in total. The topological polar surface area (TPSA) is 36.3 Å². The Labute approximate surface area is 84.8 Å². The fraction of sp³-hybridized carbons (Fsp3) is 0.700. The lowest BCUT2D eigenvalue weighted by Crippen LogP contribution is -2.06. The summed E-state index contributed by atoms with van der Waals surface area (Å²) in [5.41, 5.74) is 0. The van der Waals surface area contributed by atoms with Crippen LogP contribution in [-0.4, -0.2) is 29.6 Å². The van der Waals surface area contributed by atoms with Crippen molar-refractivity contribution in [3.63, 3.8) is 0 Å². The van der Waals surface area contributed by atoms with Crippen molar-refractivity contribution in [2.75, 3.05) is 19.8 Å². The van der Waals surface area contributed by atoms with Crippen LogP contribution >= 0.6 is 0 Å². The molecule has 0 aromatic carbocycles. The van der Waals surface area contributed by atoms with Gasteiger partial charge >= 0.3 is 0 Å². The second-order valence-electron chi connectivity index (χ2n) is 3.30. The molecule has 0 atom stereocenters. The molecule has 0 fully saturated rings. The van der Waals surface area contributed by atoms with Crippen molar-refractivity contribution >= 4 is 0 Å². The first-order chi connectivity index (χ1) is 6.74. The monoisotopic (exact) mass is 198 g/mol. The molecule has 80 valence electrons. The summed E-state index contributed by atoms with van der Waals surface area (Å²) < 4.78 is 12.5. The number of nitrogens with zero attached hydrogens (tertiary/aromatic N) is 2. The number of rotatable bonds is 6. The van der Waals surface area contributed by atoms with Crippen LogP contribution in [0, 0.1) is 0 Å². The molecule has 0 aliphatic heterocycles. The number of hydrogen-bond acceptors (Lipinski definition) is 3. The summed E-state index contributed by atoms with van der Waals surface area (Å²) in [5, 5.41) is 4.17. The van der Waals surface area contributed by atoms with E-state index in [9.17, 15) is 0 Å². The first kappa shape index (κ1) is 11.0. The van der Waals surface area contributed by atoms with Crippen molar-refractivity contribution in [2.24, 2.45) is 0 Å². The zero-order valence-electron chi connectivity index (χ0n) is 9.06. The lowest BCUT2D eigenvalue weighted by atomic mass is 10.4. The van der Waals surface area contributed by atoms with Crippen molar-refractivity contribution in [1.82, 2.24) is 9.78 Å². The first-order valence-electron chi connectivity index (χ1n) is 4.98. The minimum absolute atomic E-state index is 0.374. The van der Waals surface area contributed by atoms with Gasteiger partial charge in [-0.3, -0.25) is 4.68 Å². The smallest absolute Gasteiger partial charge is 0.157 e. The molecule has 0 bridgehead atoms. The molecular weight excluding hydrogens is 180 g/mol. The van der Waals surface area contributed by atoms with Crippen molar-refractivity contribution in [1.29, 1.82) is 0 Å². The fourth-order valence-electron chi connectivity index (χ4n) is 1.04. The Hall–Kier alpha value is -1.03. The van der Waals surface area contributed by atoms with E-state index in [0.717, 1.165) is 12.4 Å². The van der Waals surface area contributed by atoms with Crippen LogP contribution in [0.1, 0.15) is 26.8 Å². The Balaban J connectivity index is 2.29. The summed E-state index contributed by atoms with van der Waals surface area (Å²) >= 11 is 0. The van der Waals surface area contributed by atoms with Gasteiger partial charge in [0, 0.05) is 12.6 Å². The Morgan fingerprint density at radius 3 is 2.79 bits per heavy atom. The summed E-state index contributed by atoms with van der Waals surface area (Å²) in [7, 11) is 0. The SMILES string of the molecule is CCOCCOc1cnn(C(C)C)c1. The molecule has 14 heavy (non-hydrogen) atoms. The van der Waals surface area contributed by atoms with Crippen LogP contribution in [0.15, 0.2) is 12.4 Å². The lowest BCUT2D eigenvalue weighted by molar-refractivity contribution is 0.110. The first-order valence-corrected chi connectivity index (χ1v) is 4.98. The molecule has 0 amide bonds. The maximum atomic E-state index is 5.43. The molecule has 0 N–H and O–H groups in total. The molecular formula is C10H18N2O2. The predicted molar refractivity (Wildman–Crippen MR) is 54.6 cm³/mol. The largest absolute Gasteiger partial charge is 0.488 e. The predicted octanol–water partition coefficient (Wildman–Crippen LogP) is 1.88. The third-order valence-corrected chi connectivity index (χ3v) is 1.81. The van der Waals surface area contributed by atoms with Crippen molar-refractivity contribution < 1.29 is 9.47 Å². The molecule has 1 aromatic rings. The molecule has 0 unspecified atom stereocenters. The molecule has 1 heterocycles. The summed E-state index contributed by atoms with van der Waals surface area (Å²) in [6, 6.07) is 0.374. The molecule has 0 radical (unpaired) electrons. The molecule has 0 aliphatic carbocycles. The zero-order valence-corrected chi connectivity index (χ0v) is 9.06. The van der Waals surface area contributed by atoms with Crippen LogP contribution in [0.3, 0.4) is 0 Å². The van der Waals surface area contributed by atoms with E-state index in [4.69, 9.17) is 9.47 Å². The molecule has 0 saturated carbocycles. The molecule has 1 rings (SSSR count). The Kier molecular flexibility index (Phi) is 4.46. The number of aromatic nitrogens is 2. The fourth-order valence-corrected chi connectivity index (χ4v) is 1.04. The van der Waals surface area contributed by atoms with Gasteiger partial charge in [0.15, 0.2) is 5.75 Å². The van der Waals surface area contributed by atoms with Crippen LogP contribution in [0.25, 0.3) is 0 Å². The number of ether oxygens (including phenoxy) is 2. The molecule has 0 aliphatic rings. The molecule has 0 saturated heterocycles. The van der Waals surface area contributed by atoms with Crippen LogP contribution in [0.2, 0.25) is 0 Å².